The van der Waals surface area contributed by atoms with E-state index in [0.717, 1.165) is 37.2 Å². The van der Waals surface area contributed by atoms with Crippen molar-refractivity contribution in [1.29, 1.82) is 0 Å². The van der Waals surface area contributed by atoms with Crippen molar-refractivity contribution in [2.45, 2.75) is 19.1 Å². The van der Waals surface area contributed by atoms with Crippen LogP contribution in [-0.2, 0) is 14.2 Å². The Bertz CT molecular complexity index is 1120. The van der Waals surface area contributed by atoms with Gasteiger partial charge in [-0.05, 0) is 31.0 Å². The number of para-hydroxylation sites is 1. The lowest BCUT2D eigenvalue weighted by atomic mass is 9.96. The molecule has 3 aromatic rings. The third-order valence-corrected chi connectivity index (χ3v) is 5.88. The molecular formula is C23H26N6O4. The Morgan fingerprint density at radius 2 is 1.91 bits per heavy atom. The Morgan fingerprint density at radius 3 is 2.70 bits per heavy atom. The molecule has 0 radical (unpaired) electrons. The second kappa shape index (κ2) is 9.37. The molecule has 10 heteroatoms. The monoisotopic (exact) mass is 450 g/mol. The summed E-state index contributed by atoms with van der Waals surface area (Å²) >= 11 is 0. The van der Waals surface area contributed by atoms with Gasteiger partial charge in [0.25, 0.3) is 0 Å². The number of nitrogen functional groups attached to an aromatic ring is 1. The molecule has 2 aliphatic heterocycles. The first-order valence-electron chi connectivity index (χ1n) is 10.8. The molecule has 1 fully saturated rings. The fourth-order valence-electron chi connectivity index (χ4n) is 4.14. The van der Waals surface area contributed by atoms with Crippen LogP contribution in [0.25, 0.3) is 16.9 Å². The van der Waals surface area contributed by atoms with Gasteiger partial charge in [0.15, 0.2) is 12.6 Å². The molecule has 2 N–H and O–H groups in total. The van der Waals surface area contributed by atoms with Crippen LogP contribution >= 0.6 is 0 Å². The van der Waals surface area contributed by atoms with E-state index in [1.54, 1.807) is 24.3 Å². The SMILES string of the molecule is COCOc1ccccc1-c1cc(-n2cc(N3CCC(C4OC=CO4)CC3)cn2)c(N)nn1. The molecule has 2 aromatic heterocycles. The van der Waals surface area contributed by atoms with Crippen LogP contribution in [0.5, 0.6) is 5.75 Å². The number of nitrogens with two attached hydrogens (primary N) is 1. The number of rotatable bonds is 7. The van der Waals surface area contributed by atoms with E-state index >= 15 is 0 Å². The molecule has 0 spiro atoms. The molecule has 0 amide bonds. The van der Waals surface area contributed by atoms with Crippen LogP contribution < -0.4 is 15.4 Å². The van der Waals surface area contributed by atoms with Crippen molar-refractivity contribution in [3.63, 3.8) is 0 Å². The van der Waals surface area contributed by atoms with Gasteiger partial charge >= 0.3 is 0 Å². The van der Waals surface area contributed by atoms with E-state index in [-0.39, 0.29) is 13.1 Å². The zero-order valence-electron chi connectivity index (χ0n) is 18.3. The quantitative estimate of drug-likeness (QED) is 0.543. The molecule has 172 valence electrons. The molecule has 1 saturated heterocycles. The van der Waals surface area contributed by atoms with Crippen LogP contribution in [0, 0.1) is 5.92 Å². The molecular weight excluding hydrogens is 424 g/mol. The average Bonchev–Trinajstić information content (AvgIpc) is 3.56. The minimum Gasteiger partial charge on any atom is -0.467 e. The first kappa shape index (κ1) is 21.1. The highest BCUT2D eigenvalue weighted by atomic mass is 16.7. The Labute approximate surface area is 191 Å². The largest absolute Gasteiger partial charge is 0.467 e. The van der Waals surface area contributed by atoms with Crippen molar-refractivity contribution in [2.24, 2.45) is 5.92 Å². The van der Waals surface area contributed by atoms with Gasteiger partial charge in [-0.25, -0.2) is 4.68 Å². The van der Waals surface area contributed by atoms with E-state index in [4.69, 9.17) is 24.7 Å². The molecule has 33 heavy (non-hydrogen) atoms. The van der Waals surface area contributed by atoms with E-state index < -0.39 is 0 Å². The van der Waals surface area contributed by atoms with Gasteiger partial charge in [-0.1, -0.05) is 12.1 Å². The summed E-state index contributed by atoms with van der Waals surface area (Å²) in [7, 11) is 1.58. The lowest BCUT2D eigenvalue weighted by Crippen LogP contribution is -2.38. The number of aromatic nitrogens is 4. The van der Waals surface area contributed by atoms with Crippen molar-refractivity contribution < 1.29 is 18.9 Å². The number of methoxy groups -OCH3 is 1. The summed E-state index contributed by atoms with van der Waals surface area (Å²) in [6.45, 7) is 1.94. The summed E-state index contributed by atoms with van der Waals surface area (Å²) in [6, 6.07) is 9.45. The normalized spacial score (nSPS) is 16.6. The number of ether oxygens (including phenoxy) is 4. The second-order valence-corrected chi connectivity index (χ2v) is 7.93. The number of anilines is 2. The second-order valence-electron chi connectivity index (χ2n) is 7.93. The van der Waals surface area contributed by atoms with Gasteiger partial charge in [0.2, 0.25) is 6.29 Å². The summed E-state index contributed by atoms with van der Waals surface area (Å²) in [6.07, 6.45) is 8.85. The molecule has 0 atom stereocenters. The Hall–Kier alpha value is -3.79. The van der Waals surface area contributed by atoms with E-state index in [1.165, 1.54) is 0 Å². The summed E-state index contributed by atoms with van der Waals surface area (Å²) < 4.78 is 23.5. The maximum absolute atomic E-state index is 6.16. The summed E-state index contributed by atoms with van der Waals surface area (Å²) in [5.74, 6) is 1.33. The third-order valence-electron chi connectivity index (χ3n) is 5.88. The molecule has 10 nitrogen and oxygen atoms in total. The lowest BCUT2D eigenvalue weighted by molar-refractivity contribution is -0.0728. The van der Waals surface area contributed by atoms with Gasteiger partial charge in [-0.2, -0.15) is 5.10 Å². The maximum Gasteiger partial charge on any atom is 0.242 e. The lowest BCUT2D eigenvalue weighted by Gasteiger charge is -2.34. The zero-order chi connectivity index (χ0) is 22.6. The number of benzene rings is 1. The van der Waals surface area contributed by atoms with Gasteiger partial charge < -0.3 is 29.6 Å². The van der Waals surface area contributed by atoms with Crippen LogP contribution in [0.2, 0.25) is 0 Å². The minimum absolute atomic E-state index is 0.140. The van der Waals surface area contributed by atoms with Crippen molar-refractivity contribution in [3.05, 3.63) is 55.2 Å². The Morgan fingerprint density at radius 1 is 1.12 bits per heavy atom. The fraction of sp³-hybridized carbons (Fsp3) is 0.348. The predicted octanol–water partition coefficient (Wildman–Crippen LogP) is 2.95. The average molecular weight is 450 g/mol. The topological polar surface area (TPSA) is 110 Å². The third kappa shape index (κ3) is 4.42. The number of nitrogens with zero attached hydrogens (tertiary/aromatic N) is 5. The van der Waals surface area contributed by atoms with Gasteiger partial charge in [-0.3, -0.25) is 0 Å². The van der Waals surface area contributed by atoms with Gasteiger partial charge in [0.05, 0.1) is 23.8 Å². The van der Waals surface area contributed by atoms with Crippen molar-refractivity contribution in [1.82, 2.24) is 20.0 Å². The van der Waals surface area contributed by atoms with Crippen molar-refractivity contribution in [3.8, 4) is 22.7 Å². The summed E-state index contributed by atoms with van der Waals surface area (Å²) in [4.78, 5) is 2.31. The molecule has 2 aliphatic rings. The molecule has 0 aliphatic carbocycles. The van der Waals surface area contributed by atoms with Crippen LogP contribution in [0.1, 0.15) is 12.8 Å². The minimum atomic E-state index is -0.160. The first-order valence-corrected chi connectivity index (χ1v) is 10.8. The highest BCUT2D eigenvalue weighted by molar-refractivity contribution is 5.70. The van der Waals surface area contributed by atoms with E-state index in [1.807, 2.05) is 42.7 Å². The van der Waals surface area contributed by atoms with E-state index in [0.29, 0.717) is 28.9 Å². The van der Waals surface area contributed by atoms with Crippen LogP contribution in [-0.4, -0.2) is 53.3 Å². The Balaban J connectivity index is 1.34. The van der Waals surface area contributed by atoms with Crippen LogP contribution in [0.15, 0.2) is 55.2 Å². The number of hydrogen-bond donors (Lipinski definition) is 1. The van der Waals surface area contributed by atoms with Gasteiger partial charge in [0.1, 0.15) is 24.0 Å². The molecule has 5 rings (SSSR count). The predicted molar refractivity (Wildman–Crippen MR) is 122 cm³/mol. The summed E-state index contributed by atoms with van der Waals surface area (Å²) in [5.41, 5.74) is 9.27. The fourth-order valence-corrected chi connectivity index (χ4v) is 4.14. The van der Waals surface area contributed by atoms with Crippen molar-refractivity contribution >= 4 is 11.5 Å². The highest BCUT2D eigenvalue weighted by Gasteiger charge is 2.30. The van der Waals surface area contributed by atoms with Crippen LogP contribution in [0.3, 0.4) is 0 Å². The van der Waals surface area contributed by atoms with Crippen molar-refractivity contribution in [2.75, 3.05) is 37.6 Å². The van der Waals surface area contributed by atoms with Gasteiger partial charge in [0, 0.05) is 31.7 Å². The van der Waals surface area contributed by atoms with Crippen LogP contribution in [0.4, 0.5) is 11.5 Å². The molecule has 0 saturated carbocycles. The molecule has 4 heterocycles. The standard InChI is InChI=1S/C23H26N6O4/c1-30-15-33-21-5-3-2-4-18(21)19-12-20(22(24)27-26-19)29-14-17(13-25-29)28-8-6-16(7-9-28)23-31-10-11-32-23/h2-5,10-14,16,23H,6-9,15H2,1H3,(H2,24,27). The smallest absolute Gasteiger partial charge is 0.242 e. The highest BCUT2D eigenvalue weighted by Crippen LogP contribution is 2.32. The maximum atomic E-state index is 6.16. The van der Waals surface area contributed by atoms with Gasteiger partial charge in [-0.15, -0.1) is 10.2 Å². The molecule has 0 unspecified atom stereocenters. The zero-order valence-corrected chi connectivity index (χ0v) is 18.3. The summed E-state index contributed by atoms with van der Waals surface area (Å²) in [5, 5.41) is 13.0. The number of piperidine rings is 1. The van der Waals surface area contributed by atoms with E-state index in [2.05, 4.69) is 20.2 Å². The first-order chi connectivity index (χ1) is 16.2. The molecule has 0 bridgehead atoms. The number of hydrogen-bond acceptors (Lipinski definition) is 9. The molecule has 1 aromatic carbocycles. The van der Waals surface area contributed by atoms with E-state index in [9.17, 15) is 0 Å². The Kier molecular flexibility index (Phi) is 5.99.